The Hall–Kier alpha value is -1.84. The van der Waals surface area contributed by atoms with E-state index in [0.717, 1.165) is 31.2 Å². The highest BCUT2D eigenvalue weighted by Gasteiger charge is 2.29. The number of Topliss-reactive ketones (excluding diaryl/α,β-unsaturated/α-hetero) is 1. The summed E-state index contributed by atoms with van der Waals surface area (Å²) >= 11 is 0. The second kappa shape index (κ2) is 7.62. The molecule has 1 aromatic carbocycles. The third-order valence-electron chi connectivity index (χ3n) is 3.84. The molecule has 1 amide bonds. The zero-order valence-electron chi connectivity index (χ0n) is 14.3. The molecule has 1 aliphatic carbocycles. The number of nitrogens with one attached hydrogen (secondary N) is 1. The number of amides is 1. The number of carbonyl (C=O) groups is 2. The Morgan fingerprint density at radius 2 is 1.87 bits per heavy atom. The molecule has 0 saturated heterocycles. The molecule has 2 rings (SSSR count). The van der Waals surface area contributed by atoms with Crippen LogP contribution in [0.25, 0.3) is 0 Å². The molecule has 0 aliphatic heterocycles. The predicted octanol–water partition coefficient (Wildman–Crippen LogP) is 4.40. The van der Waals surface area contributed by atoms with E-state index >= 15 is 0 Å². The van der Waals surface area contributed by atoms with Crippen molar-refractivity contribution < 1.29 is 14.3 Å². The summed E-state index contributed by atoms with van der Waals surface area (Å²) in [6.45, 7) is 5.54. The van der Waals surface area contributed by atoms with Crippen LogP contribution in [0.15, 0.2) is 30.3 Å². The number of carbonyl (C=O) groups excluding carboxylic acids is 2. The normalized spacial score (nSPS) is 15.8. The van der Waals surface area contributed by atoms with Crippen LogP contribution in [0.1, 0.15) is 64.5 Å². The van der Waals surface area contributed by atoms with Crippen LogP contribution in [-0.2, 0) is 9.53 Å². The topological polar surface area (TPSA) is 55.4 Å². The van der Waals surface area contributed by atoms with Gasteiger partial charge >= 0.3 is 6.09 Å². The van der Waals surface area contributed by atoms with Gasteiger partial charge in [0, 0.05) is 12.3 Å². The number of benzene rings is 1. The third kappa shape index (κ3) is 6.43. The maximum Gasteiger partial charge on any atom is 0.408 e. The van der Waals surface area contributed by atoms with E-state index in [1.54, 1.807) is 0 Å². The van der Waals surface area contributed by atoms with Crippen LogP contribution in [0.5, 0.6) is 0 Å². The molecule has 0 heterocycles. The predicted molar refractivity (Wildman–Crippen MR) is 90.1 cm³/mol. The van der Waals surface area contributed by atoms with E-state index in [2.05, 4.69) is 5.32 Å². The van der Waals surface area contributed by atoms with Crippen LogP contribution < -0.4 is 5.32 Å². The van der Waals surface area contributed by atoms with Gasteiger partial charge in [0.05, 0.1) is 6.04 Å². The van der Waals surface area contributed by atoms with Crippen LogP contribution in [0.2, 0.25) is 0 Å². The van der Waals surface area contributed by atoms with Gasteiger partial charge in [-0.25, -0.2) is 4.79 Å². The minimum absolute atomic E-state index is 0.127. The average molecular weight is 317 g/mol. The minimum Gasteiger partial charge on any atom is -0.444 e. The highest BCUT2D eigenvalue weighted by Crippen LogP contribution is 2.32. The van der Waals surface area contributed by atoms with Gasteiger partial charge in [-0.3, -0.25) is 4.79 Å². The van der Waals surface area contributed by atoms with Crippen LogP contribution >= 0.6 is 0 Å². The van der Waals surface area contributed by atoms with Gasteiger partial charge in [-0.2, -0.15) is 0 Å². The lowest BCUT2D eigenvalue weighted by molar-refractivity contribution is -0.120. The summed E-state index contributed by atoms with van der Waals surface area (Å²) in [6, 6.07) is 9.71. The molecule has 1 atom stereocenters. The van der Waals surface area contributed by atoms with Gasteiger partial charge in [-0.05, 0) is 52.0 Å². The van der Waals surface area contributed by atoms with Crippen molar-refractivity contribution in [1.82, 2.24) is 5.32 Å². The fraction of sp³-hybridized carbons (Fsp3) is 0.579. The Morgan fingerprint density at radius 3 is 2.43 bits per heavy atom. The van der Waals surface area contributed by atoms with Crippen LogP contribution in [-0.4, -0.2) is 17.5 Å². The summed E-state index contributed by atoms with van der Waals surface area (Å²) in [7, 11) is 0. The monoisotopic (exact) mass is 317 g/mol. The molecule has 0 aromatic heterocycles. The fourth-order valence-corrected chi connectivity index (χ4v) is 2.55. The summed E-state index contributed by atoms with van der Waals surface area (Å²) in [5, 5.41) is 2.94. The van der Waals surface area contributed by atoms with E-state index in [4.69, 9.17) is 4.74 Å². The highest BCUT2D eigenvalue weighted by molar-refractivity contribution is 5.83. The summed E-state index contributed by atoms with van der Waals surface area (Å²) in [5.41, 5.74) is 0.519. The first kappa shape index (κ1) is 17.5. The molecule has 1 aliphatic rings. The number of ketones is 1. The molecule has 1 unspecified atom stereocenters. The van der Waals surface area contributed by atoms with Gasteiger partial charge in [-0.1, -0.05) is 30.3 Å². The lowest BCUT2D eigenvalue weighted by Crippen LogP contribution is -2.35. The summed E-state index contributed by atoms with van der Waals surface area (Å²) in [4.78, 5) is 23.9. The van der Waals surface area contributed by atoms with Gasteiger partial charge in [0.25, 0.3) is 0 Å². The summed E-state index contributed by atoms with van der Waals surface area (Å²) in [6.07, 6.45) is 3.81. The molecule has 1 fully saturated rings. The molecule has 1 saturated carbocycles. The first-order valence-electron chi connectivity index (χ1n) is 8.42. The van der Waals surface area contributed by atoms with Gasteiger partial charge in [0.1, 0.15) is 11.4 Å². The quantitative estimate of drug-likeness (QED) is 0.811. The average Bonchev–Trinajstić information content (AvgIpc) is 3.29. The Morgan fingerprint density at radius 1 is 1.22 bits per heavy atom. The van der Waals surface area contributed by atoms with Crippen molar-refractivity contribution in [2.45, 2.75) is 64.5 Å². The lowest BCUT2D eigenvalue weighted by Gasteiger charge is -2.24. The minimum atomic E-state index is -0.521. The van der Waals surface area contributed by atoms with E-state index < -0.39 is 11.7 Å². The van der Waals surface area contributed by atoms with Crippen molar-refractivity contribution >= 4 is 11.9 Å². The number of hydrogen-bond donors (Lipinski definition) is 1. The van der Waals surface area contributed by atoms with E-state index in [9.17, 15) is 9.59 Å². The van der Waals surface area contributed by atoms with Crippen LogP contribution in [0.3, 0.4) is 0 Å². The van der Waals surface area contributed by atoms with Gasteiger partial charge in [0.2, 0.25) is 0 Å². The molecule has 0 radical (unpaired) electrons. The molecule has 0 bridgehead atoms. The van der Waals surface area contributed by atoms with Gasteiger partial charge < -0.3 is 10.1 Å². The van der Waals surface area contributed by atoms with Crippen molar-refractivity contribution in [3.8, 4) is 0 Å². The van der Waals surface area contributed by atoms with Crippen LogP contribution in [0.4, 0.5) is 4.79 Å². The van der Waals surface area contributed by atoms with Crippen molar-refractivity contribution in [1.29, 1.82) is 0 Å². The molecular weight excluding hydrogens is 290 g/mol. The Labute approximate surface area is 138 Å². The second-order valence-electron chi connectivity index (χ2n) is 7.24. The molecule has 23 heavy (non-hydrogen) atoms. The Kier molecular flexibility index (Phi) is 5.80. The standard InChI is InChI=1S/C19H27NO3/c1-19(2,3)23-18(22)20-16(14-8-5-4-6-9-14)10-7-11-17(21)15-12-13-15/h4-6,8-9,15-16H,7,10-13H2,1-3H3,(H,20,22). The molecule has 1 aromatic rings. The SMILES string of the molecule is CC(C)(C)OC(=O)NC(CCCC(=O)C1CC1)c1ccccc1. The Balaban J connectivity index is 1.91. The summed E-state index contributed by atoms with van der Waals surface area (Å²) in [5.74, 6) is 0.679. The fourth-order valence-electron chi connectivity index (χ4n) is 2.55. The third-order valence-corrected chi connectivity index (χ3v) is 3.84. The largest absolute Gasteiger partial charge is 0.444 e. The highest BCUT2D eigenvalue weighted by atomic mass is 16.6. The van der Waals surface area contributed by atoms with Crippen molar-refractivity contribution in [3.63, 3.8) is 0 Å². The van der Waals surface area contributed by atoms with Crippen LogP contribution in [0, 0.1) is 5.92 Å². The second-order valence-corrected chi connectivity index (χ2v) is 7.24. The van der Waals surface area contributed by atoms with Gasteiger partial charge in [-0.15, -0.1) is 0 Å². The van der Waals surface area contributed by atoms with E-state index in [0.29, 0.717) is 18.1 Å². The summed E-state index contributed by atoms with van der Waals surface area (Å²) < 4.78 is 5.35. The molecule has 0 spiro atoms. The number of hydrogen-bond acceptors (Lipinski definition) is 3. The number of alkyl carbamates (subject to hydrolysis) is 1. The maximum absolute atomic E-state index is 12.1. The zero-order chi connectivity index (χ0) is 16.9. The molecular formula is C19H27NO3. The molecule has 126 valence electrons. The maximum atomic E-state index is 12.1. The van der Waals surface area contributed by atoms with E-state index in [1.165, 1.54) is 0 Å². The van der Waals surface area contributed by atoms with E-state index in [1.807, 2.05) is 51.1 Å². The van der Waals surface area contributed by atoms with E-state index in [-0.39, 0.29) is 6.04 Å². The molecule has 1 N–H and O–H groups in total. The zero-order valence-corrected chi connectivity index (χ0v) is 14.3. The smallest absolute Gasteiger partial charge is 0.408 e. The first-order valence-corrected chi connectivity index (χ1v) is 8.42. The van der Waals surface area contributed by atoms with Gasteiger partial charge in [0.15, 0.2) is 0 Å². The first-order chi connectivity index (χ1) is 10.8. The Bertz CT molecular complexity index is 529. The van der Waals surface area contributed by atoms with Crippen molar-refractivity contribution in [2.24, 2.45) is 5.92 Å². The van der Waals surface area contributed by atoms with Crippen molar-refractivity contribution in [2.75, 3.05) is 0 Å². The lowest BCUT2D eigenvalue weighted by atomic mass is 9.99. The number of rotatable bonds is 7. The molecule has 4 nitrogen and oxygen atoms in total. The number of ether oxygens (including phenoxy) is 1. The van der Waals surface area contributed by atoms with Crippen molar-refractivity contribution in [3.05, 3.63) is 35.9 Å². The molecule has 4 heteroatoms.